The van der Waals surface area contributed by atoms with Gasteiger partial charge in [0.1, 0.15) is 5.76 Å². The summed E-state index contributed by atoms with van der Waals surface area (Å²) in [6.45, 7) is 1.89. The normalized spacial score (nSPS) is 18.2. The molecule has 0 fully saturated rings. The minimum atomic E-state index is -0.776. The zero-order valence-corrected chi connectivity index (χ0v) is 12.2. The van der Waals surface area contributed by atoms with Crippen LogP contribution in [-0.2, 0) is 22.4 Å². The van der Waals surface area contributed by atoms with Gasteiger partial charge in [-0.3, -0.25) is 4.79 Å². The van der Waals surface area contributed by atoms with Crippen LogP contribution in [0.1, 0.15) is 28.6 Å². The van der Waals surface area contributed by atoms with Gasteiger partial charge in [0.2, 0.25) is 0 Å². The van der Waals surface area contributed by atoms with Gasteiger partial charge in [0.05, 0.1) is 11.8 Å². The molecule has 1 aromatic heterocycles. The molecule has 0 saturated heterocycles. The van der Waals surface area contributed by atoms with Crippen LogP contribution in [0.2, 0.25) is 0 Å². The van der Waals surface area contributed by atoms with Crippen molar-refractivity contribution < 1.29 is 18.7 Å². The van der Waals surface area contributed by atoms with Crippen LogP contribution in [0, 0.1) is 0 Å². The lowest BCUT2D eigenvalue weighted by Gasteiger charge is -2.25. The van der Waals surface area contributed by atoms with E-state index in [0.717, 1.165) is 11.3 Å². The summed E-state index contributed by atoms with van der Waals surface area (Å²) in [5, 5.41) is 2.86. The van der Waals surface area contributed by atoms with Crippen LogP contribution >= 0.6 is 0 Å². The second kappa shape index (κ2) is 6.05. The highest BCUT2D eigenvalue weighted by Crippen LogP contribution is 2.20. The van der Waals surface area contributed by atoms with Gasteiger partial charge in [0.25, 0.3) is 5.91 Å². The summed E-state index contributed by atoms with van der Waals surface area (Å²) in [6.07, 6.45) is 1.82. The third-order valence-electron chi connectivity index (χ3n) is 3.66. The van der Waals surface area contributed by atoms with Crippen LogP contribution in [0.3, 0.4) is 0 Å². The van der Waals surface area contributed by atoms with E-state index < -0.39 is 12.1 Å². The van der Waals surface area contributed by atoms with Crippen molar-refractivity contribution in [2.75, 3.05) is 0 Å². The Hall–Kier alpha value is -2.56. The van der Waals surface area contributed by atoms with Crippen molar-refractivity contribution in [2.24, 2.45) is 0 Å². The molecule has 0 bridgehead atoms. The second-order valence-corrected chi connectivity index (χ2v) is 5.45. The zero-order valence-electron chi connectivity index (χ0n) is 12.2. The number of hydrogen-bond acceptors (Lipinski definition) is 4. The summed E-state index contributed by atoms with van der Waals surface area (Å²) in [5.41, 5.74) is 1.38. The van der Waals surface area contributed by atoms with Crippen LogP contribution in [0.25, 0.3) is 0 Å². The molecule has 1 aliphatic rings. The Morgan fingerprint density at radius 1 is 1.32 bits per heavy atom. The van der Waals surface area contributed by atoms with E-state index >= 15 is 0 Å². The van der Waals surface area contributed by atoms with Crippen molar-refractivity contribution in [1.29, 1.82) is 0 Å². The Balaban J connectivity index is 1.62. The van der Waals surface area contributed by atoms with Crippen LogP contribution < -0.4 is 5.32 Å². The number of benzene rings is 1. The quantitative estimate of drug-likeness (QED) is 0.878. The van der Waals surface area contributed by atoms with Gasteiger partial charge < -0.3 is 14.5 Å². The molecule has 22 heavy (non-hydrogen) atoms. The van der Waals surface area contributed by atoms with E-state index in [1.54, 1.807) is 18.4 Å². The van der Waals surface area contributed by atoms with Crippen molar-refractivity contribution in [3.63, 3.8) is 0 Å². The van der Waals surface area contributed by atoms with Crippen molar-refractivity contribution >= 4 is 11.9 Å². The Morgan fingerprint density at radius 3 is 2.91 bits per heavy atom. The molecule has 3 rings (SSSR count). The molecule has 5 heteroatoms. The molecule has 5 nitrogen and oxygen atoms in total. The molecule has 1 N–H and O–H groups in total. The lowest BCUT2D eigenvalue weighted by molar-refractivity contribution is -0.130. The monoisotopic (exact) mass is 299 g/mol. The number of rotatable bonds is 4. The molecule has 0 saturated carbocycles. The molecule has 0 radical (unpaired) electrons. The van der Waals surface area contributed by atoms with Gasteiger partial charge in [0.15, 0.2) is 6.10 Å². The Kier molecular flexibility index (Phi) is 3.96. The zero-order chi connectivity index (χ0) is 15.5. The number of hydrogen-bond donors (Lipinski definition) is 1. The van der Waals surface area contributed by atoms with Gasteiger partial charge in [-0.1, -0.05) is 18.2 Å². The fourth-order valence-corrected chi connectivity index (χ4v) is 2.60. The molecule has 0 unspecified atom stereocenters. The second-order valence-electron chi connectivity index (χ2n) is 5.45. The first-order valence-corrected chi connectivity index (χ1v) is 7.25. The van der Waals surface area contributed by atoms with Gasteiger partial charge in [0, 0.05) is 18.9 Å². The summed E-state index contributed by atoms with van der Waals surface area (Å²) in [4.78, 5) is 24.2. The van der Waals surface area contributed by atoms with Crippen LogP contribution in [0.5, 0.6) is 0 Å². The van der Waals surface area contributed by atoms with Gasteiger partial charge in [-0.2, -0.15) is 0 Å². The minimum absolute atomic E-state index is 0.102. The minimum Gasteiger partial charge on any atom is -0.469 e. The molecule has 1 aromatic carbocycles. The predicted molar refractivity (Wildman–Crippen MR) is 79.4 cm³/mol. The first kappa shape index (κ1) is 14.4. The first-order chi connectivity index (χ1) is 10.6. The fourth-order valence-electron chi connectivity index (χ4n) is 2.60. The van der Waals surface area contributed by atoms with E-state index in [0.29, 0.717) is 18.4 Å². The maximum absolute atomic E-state index is 12.3. The number of carbonyl (C=O) groups excluding carboxylic acids is 2. The molecule has 1 aliphatic heterocycles. The molecule has 114 valence electrons. The van der Waals surface area contributed by atoms with Crippen LogP contribution in [0.15, 0.2) is 47.1 Å². The van der Waals surface area contributed by atoms with E-state index in [1.165, 1.54) is 0 Å². The number of furan rings is 1. The topological polar surface area (TPSA) is 68.5 Å². The fraction of sp³-hybridized carbons (Fsp3) is 0.294. The third-order valence-corrected chi connectivity index (χ3v) is 3.66. The molecule has 2 aromatic rings. The lowest BCUT2D eigenvalue weighted by atomic mass is 9.98. The van der Waals surface area contributed by atoms with Crippen molar-refractivity contribution in [2.45, 2.75) is 31.9 Å². The van der Waals surface area contributed by atoms with E-state index in [1.807, 2.05) is 31.2 Å². The highest BCUT2D eigenvalue weighted by Gasteiger charge is 2.31. The Morgan fingerprint density at radius 2 is 2.14 bits per heavy atom. The predicted octanol–water partition coefficient (Wildman–Crippen LogP) is 2.11. The number of esters is 1. The summed E-state index contributed by atoms with van der Waals surface area (Å²) in [5.74, 6) is 0.0846. The smallest absolute Gasteiger partial charge is 0.339 e. The summed E-state index contributed by atoms with van der Waals surface area (Å²) in [6, 6.07) is 10.8. The summed E-state index contributed by atoms with van der Waals surface area (Å²) >= 11 is 0. The molecular weight excluding hydrogens is 282 g/mol. The van der Waals surface area contributed by atoms with E-state index in [4.69, 9.17) is 9.15 Å². The van der Waals surface area contributed by atoms with E-state index in [9.17, 15) is 9.59 Å². The number of nitrogens with one attached hydrogen (secondary N) is 1. The largest absolute Gasteiger partial charge is 0.469 e. The van der Waals surface area contributed by atoms with Crippen molar-refractivity contribution in [3.05, 3.63) is 59.5 Å². The van der Waals surface area contributed by atoms with Crippen LogP contribution in [0.4, 0.5) is 0 Å². The third kappa shape index (κ3) is 3.03. The van der Waals surface area contributed by atoms with Gasteiger partial charge in [-0.15, -0.1) is 0 Å². The number of amides is 1. The number of cyclic esters (lactones) is 1. The SMILES string of the molecule is C[C@@H](Cc1ccco1)NC(=O)[C@H]1Cc2ccccc2C(=O)O1. The Bertz CT molecular complexity index is 678. The highest BCUT2D eigenvalue weighted by atomic mass is 16.5. The van der Waals surface area contributed by atoms with Crippen molar-refractivity contribution in [3.8, 4) is 0 Å². The van der Waals surface area contributed by atoms with E-state index in [2.05, 4.69) is 5.32 Å². The molecule has 0 spiro atoms. The molecule has 2 heterocycles. The van der Waals surface area contributed by atoms with E-state index in [-0.39, 0.29) is 11.9 Å². The average molecular weight is 299 g/mol. The van der Waals surface area contributed by atoms with Gasteiger partial charge >= 0.3 is 5.97 Å². The van der Waals surface area contributed by atoms with Crippen LogP contribution in [-0.4, -0.2) is 24.0 Å². The molecular formula is C17H17NO4. The first-order valence-electron chi connectivity index (χ1n) is 7.25. The molecule has 2 atom stereocenters. The van der Waals surface area contributed by atoms with Gasteiger partial charge in [-0.05, 0) is 30.7 Å². The summed E-state index contributed by atoms with van der Waals surface area (Å²) < 4.78 is 10.5. The number of fused-ring (bicyclic) bond motifs is 1. The standard InChI is InChI=1S/C17H17NO4/c1-11(9-13-6-4-8-21-13)18-16(19)15-10-12-5-2-3-7-14(12)17(20)22-15/h2-8,11,15H,9-10H2,1H3,(H,18,19)/t11-,15+/m0/s1. The lowest BCUT2D eigenvalue weighted by Crippen LogP contribution is -2.45. The maximum Gasteiger partial charge on any atom is 0.339 e. The number of carbonyl (C=O) groups is 2. The highest BCUT2D eigenvalue weighted by molar-refractivity contribution is 5.95. The number of ether oxygens (including phenoxy) is 1. The van der Waals surface area contributed by atoms with Gasteiger partial charge in [-0.25, -0.2) is 4.79 Å². The van der Waals surface area contributed by atoms with Crippen molar-refractivity contribution in [1.82, 2.24) is 5.32 Å². The average Bonchev–Trinajstić information content (AvgIpc) is 3.00. The summed E-state index contributed by atoms with van der Waals surface area (Å²) in [7, 11) is 0. The Labute approximate surface area is 128 Å². The maximum atomic E-state index is 12.3. The molecule has 1 amide bonds. The molecule has 0 aliphatic carbocycles.